The normalized spacial score (nSPS) is 19.9. The molecular formula is C21H19FN2O2. The number of hydrogen-bond acceptors (Lipinski definition) is 3. The van der Waals surface area contributed by atoms with Crippen LogP contribution in [0, 0.1) is 5.82 Å². The second-order valence-corrected chi connectivity index (χ2v) is 7.01. The molecule has 2 aliphatic rings. The molecule has 3 heterocycles. The van der Waals surface area contributed by atoms with Gasteiger partial charge in [0.15, 0.2) is 5.78 Å². The van der Waals surface area contributed by atoms with E-state index >= 15 is 0 Å². The van der Waals surface area contributed by atoms with Gasteiger partial charge in [0.1, 0.15) is 12.4 Å². The van der Waals surface area contributed by atoms with Crippen molar-refractivity contribution < 1.29 is 13.9 Å². The van der Waals surface area contributed by atoms with Gasteiger partial charge in [-0.1, -0.05) is 24.3 Å². The average Bonchev–Trinajstić information content (AvgIpc) is 3.26. The number of hydrogen-bond donors (Lipinski definition) is 2. The highest BCUT2D eigenvalue weighted by Crippen LogP contribution is 2.36. The highest BCUT2D eigenvalue weighted by Gasteiger charge is 2.24. The van der Waals surface area contributed by atoms with Crippen LogP contribution in [0.1, 0.15) is 40.4 Å². The van der Waals surface area contributed by atoms with Crippen molar-refractivity contribution in [3.8, 4) is 11.3 Å². The Balaban J connectivity index is 1.65. The standard InChI is InChI=1S/C21H19FN2O2/c22-16-9-12(6-7-13(16)17-5-2-8-23-17)21-15-10-26-11-19(25)14-3-1-4-18(24-21)20(14)15/h1,3-4,6-7,9,17,23-24H,2,5,8,10-11H2/t17-/m1/s1. The molecule has 5 heteroatoms. The van der Waals surface area contributed by atoms with Gasteiger partial charge in [-0.25, -0.2) is 4.39 Å². The Morgan fingerprint density at radius 1 is 1.15 bits per heavy atom. The minimum absolute atomic E-state index is 0.0197. The monoisotopic (exact) mass is 350 g/mol. The van der Waals surface area contributed by atoms with Crippen molar-refractivity contribution in [1.29, 1.82) is 0 Å². The van der Waals surface area contributed by atoms with Gasteiger partial charge >= 0.3 is 0 Å². The summed E-state index contributed by atoms with van der Waals surface area (Å²) in [7, 11) is 0. The number of H-pyrrole nitrogens is 1. The van der Waals surface area contributed by atoms with Crippen molar-refractivity contribution in [1.82, 2.24) is 10.3 Å². The van der Waals surface area contributed by atoms with Crippen LogP contribution in [0.25, 0.3) is 22.2 Å². The topological polar surface area (TPSA) is 54.1 Å². The molecule has 0 unspecified atom stereocenters. The fourth-order valence-electron chi connectivity index (χ4n) is 4.18. The summed E-state index contributed by atoms with van der Waals surface area (Å²) in [5.41, 5.74) is 4.80. The summed E-state index contributed by atoms with van der Waals surface area (Å²) < 4.78 is 20.3. The Hall–Kier alpha value is -2.50. The van der Waals surface area contributed by atoms with E-state index in [1.165, 1.54) is 0 Å². The molecule has 5 rings (SSSR count). The lowest BCUT2D eigenvalue weighted by atomic mass is 9.98. The van der Waals surface area contributed by atoms with E-state index in [4.69, 9.17) is 4.74 Å². The molecule has 3 aromatic rings. The fraction of sp³-hybridized carbons (Fsp3) is 0.286. The molecule has 0 bridgehead atoms. The summed E-state index contributed by atoms with van der Waals surface area (Å²) in [5.74, 6) is -0.215. The predicted octanol–water partition coefficient (Wildman–Crippen LogP) is 4.11. The number of ether oxygens (including phenoxy) is 1. The molecular weight excluding hydrogens is 331 g/mol. The summed E-state index contributed by atoms with van der Waals surface area (Å²) >= 11 is 0. The Morgan fingerprint density at radius 3 is 2.88 bits per heavy atom. The van der Waals surface area contributed by atoms with E-state index in [0.717, 1.165) is 52.7 Å². The predicted molar refractivity (Wildman–Crippen MR) is 97.7 cm³/mol. The van der Waals surface area contributed by atoms with Crippen LogP contribution in [0.3, 0.4) is 0 Å². The zero-order valence-electron chi connectivity index (χ0n) is 14.3. The lowest BCUT2D eigenvalue weighted by molar-refractivity contribution is 0.0742. The lowest BCUT2D eigenvalue weighted by Crippen LogP contribution is -2.14. The highest BCUT2D eigenvalue weighted by molar-refractivity contribution is 6.11. The number of aromatic amines is 1. The van der Waals surface area contributed by atoms with Crippen molar-refractivity contribution in [3.05, 3.63) is 58.9 Å². The molecule has 1 atom stereocenters. The van der Waals surface area contributed by atoms with Crippen molar-refractivity contribution in [2.24, 2.45) is 0 Å². The Labute approximate surface area is 150 Å². The second kappa shape index (κ2) is 6.04. The SMILES string of the molecule is O=C1COCc2c(-c3ccc([C@H]4CCCN4)c(F)c3)[nH]c3cccc1c23. The van der Waals surface area contributed by atoms with E-state index in [1.54, 1.807) is 6.07 Å². The van der Waals surface area contributed by atoms with E-state index in [1.807, 2.05) is 30.3 Å². The minimum Gasteiger partial charge on any atom is -0.369 e. The number of aromatic nitrogens is 1. The summed E-state index contributed by atoms with van der Waals surface area (Å²) in [5, 5.41) is 4.24. The molecule has 2 aliphatic heterocycles. The van der Waals surface area contributed by atoms with Crippen LogP contribution >= 0.6 is 0 Å². The first-order valence-electron chi connectivity index (χ1n) is 9.00. The third-order valence-electron chi connectivity index (χ3n) is 5.43. The minimum atomic E-state index is -0.196. The van der Waals surface area contributed by atoms with Crippen molar-refractivity contribution in [2.75, 3.05) is 13.2 Å². The third kappa shape index (κ3) is 2.39. The molecule has 0 aliphatic carbocycles. The lowest BCUT2D eigenvalue weighted by Gasteiger charge is -2.13. The van der Waals surface area contributed by atoms with Crippen LogP contribution in [0.4, 0.5) is 4.39 Å². The van der Waals surface area contributed by atoms with E-state index in [2.05, 4.69) is 10.3 Å². The molecule has 2 aromatic carbocycles. The number of ketones is 1. The fourth-order valence-corrected chi connectivity index (χ4v) is 4.18. The number of carbonyl (C=O) groups excluding carboxylic acids is 1. The molecule has 1 fully saturated rings. The maximum atomic E-state index is 14.8. The molecule has 0 radical (unpaired) electrons. The van der Waals surface area contributed by atoms with Gasteiger partial charge in [-0.3, -0.25) is 4.79 Å². The van der Waals surface area contributed by atoms with Crippen LogP contribution in [0.2, 0.25) is 0 Å². The quantitative estimate of drug-likeness (QED) is 0.731. The molecule has 0 amide bonds. The van der Waals surface area contributed by atoms with Gasteiger partial charge in [0, 0.05) is 39.2 Å². The molecule has 4 nitrogen and oxygen atoms in total. The van der Waals surface area contributed by atoms with Gasteiger partial charge in [-0.15, -0.1) is 0 Å². The van der Waals surface area contributed by atoms with Crippen molar-refractivity contribution >= 4 is 16.7 Å². The smallest absolute Gasteiger partial charge is 0.189 e. The van der Waals surface area contributed by atoms with Crippen molar-refractivity contribution in [2.45, 2.75) is 25.5 Å². The maximum absolute atomic E-state index is 14.8. The number of Topliss-reactive ketones (excluding diaryl/α,β-unsaturated/α-hetero) is 1. The molecule has 1 saturated heterocycles. The van der Waals surface area contributed by atoms with E-state index in [9.17, 15) is 9.18 Å². The van der Waals surface area contributed by atoms with Crippen LogP contribution in [-0.2, 0) is 11.3 Å². The first-order valence-corrected chi connectivity index (χ1v) is 9.00. The van der Waals surface area contributed by atoms with Crippen LogP contribution in [-0.4, -0.2) is 23.9 Å². The molecule has 26 heavy (non-hydrogen) atoms. The van der Waals surface area contributed by atoms with E-state index in [-0.39, 0.29) is 24.2 Å². The summed E-state index contributed by atoms with van der Waals surface area (Å²) in [6.07, 6.45) is 2.04. The zero-order valence-corrected chi connectivity index (χ0v) is 14.3. The molecule has 2 N–H and O–H groups in total. The summed E-state index contributed by atoms with van der Waals surface area (Å²) in [4.78, 5) is 15.6. The molecule has 132 valence electrons. The second-order valence-electron chi connectivity index (χ2n) is 7.01. The number of carbonyl (C=O) groups is 1. The Morgan fingerprint density at radius 2 is 2.08 bits per heavy atom. The van der Waals surface area contributed by atoms with E-state index in [0.29, 0.717) is 12.2 Å². The zero-order chi connectivity index (χ0) is 17.7. The van der Waals surface area contributed by atoms with Crippen LogP contribution in [0.15, 0.2) is 36.4 Å². The van der Waals surface area contributed by atoms with Gasteiger partial charge in [0.2, 0.25) is 0 Å². The van der Waals surface area contributed by atoms with Crippen LogP contribution in [0.5, 0.6) is 0 Å². The third-order valence-corrected chi connectivity index (χ3v) is 5.43. The molecule has 1 aromatic heterocycles. The van der Waals surface area contributed by atoms with Gasteiger partial charge in [0.25, 0.3) is 0 Å². The van der Waals surface area contributed by atoms with Crippen molar-refractivity contribution in [3.63, 3.8) is 0 Å². The molecule has 0 spiro atoms. The largest absolute Gasteiger partial charge is 0.369 e. The maximum Gasteiger partial charge on any atom is 0.189 e. The Kier molecular flexibility index (Phi) is 3.65. The number of nitrogens with one attached hydrogen (secondary N) is 2. The van der Waals surface area contributed by atoms with Gasteiger partial charge in [-0.05, 0) is 31.5 Å². The summed E-state index contributed by atoms with van der Waals surface area (Å²) in [6.45, 7) is 1.35. The average molecular weight is 350 g/mol. The highest BCUT2D eigenvalue weighted by atomic mass is 19.1. The van der Waals surface area contributed by atoms with Gasteiger partial charge in [-0.2, -0.15) is 0 Å². The first-order chi connectivity index (χ1) is 12.7. The summed E-state index contributed by atoms with van der Waals surface area (Å²) in [6, 6.07) is 11.1. The van der Waals surface area contributed by atoms with Gasteiger partial charge in [0.05, 0.1) is 12.3 Å². The number of benzene rings is 2. The Bertz CT molecular complexity index is 1020. The van der Waals surface area contributed by atoms with Crippen LogP contribution < -0.4 is 5.32 Å². The van der Waals surface area contributed by atoms with E-state index < -0.39 is 0 Å². The first kappa shape index (κ1) is 15.7. The molecule has 0 saturated carbocycles. The number of halogens is 1. The number of rotatable bonds is 2. The van der Waals surface area contributed by atoms with Gasteiger partial charge < -0.3 is 15.0 Å².